The van der Waals surface area contributed by atoms with Crippen LogP contribution in [0.4, 0.5) is 0 Å². The van der Waals surface area contributed by atoms with E-state index in [0.717, 1.165) is 31.7 Å². The molecule has 1 saturated heterocycles. The SMILES string of the molecule is COc1ccc2c(c1)[C@H](N(C)C(=O)CC(c1ccccc1)c1ccccc1)[C@@H](N1CCCC1)CC2.Cl. The molecule has 1 fully saturated rings. The third kappa shape index (κ3) is 5.45. The number of likely N-dealkylation sites (tertiary alicyclic amines) is 1. The monoisotopic (exact) mass is 504 g/mol. The summed E-state index contributed by atoms with van der Waals surface area (Å²) in [6.07, 6.45) is 5.08. The van der Waals surface area contributed by atoms with Crippen molar-refractivity contribution in [2.24, 2.45) is 0 Å². The number of rotatable bonds is 7. The van der Waals surface area contributed by atoms with Gasteiger partial charge in [0.05, 0.1) is 13.2 Å². The summed E-state index contributed by atoms with van der Waals surface area (Å²) in [6.45, 7) is 2.25. The fourth-order valence-corrected chi connectivity index (χ4v) is 6.07. The normalized spacial score (nSPS) is 19.4. The number of fused-ring (bicyclic) bond motifs is 1. The van der Waals surface area contributed by atoms with Crippen molar-refractivity contribution in [3.8, 4) is 5.75 Å². The number of amides is 1. The van der Waals surface area contributed by atoms with Gasteiger partial charge in [0.15, 0.2) is 0 Å². The zero-order valence-corrected chi connectivity index (χ0v) is 22.1. The lowest BCUT2D eigenvalue weighted by Gasteiger charge is -2.44. The molecule has 36 heavy (non-hydrogen) atoms. The molecule has 4 nitrogen and oxygen atoms in total. The van der Waals surface area contributed by atoms with Gasteiger partial charge in [-0.3, -0.25) is 9.69 Å². The van der Waals surface area contributed by atoms with Crippen molar-refractivity contribution >= 4 is 18.3 Å². The Morgan fingerprint density at radius 1 is 0.972 bits per heavy atom. The molecule has 0 N–H and O–H groups in total. The first-order valence-corrected chi connectivity index (χ1v) is 12.9. The van der Waals surface area contributed by atoms with E-state index in [1.165, 1.54) is 35.1 Å². The van der Waals surface area contributed by atoms with E-state index >= 15 is 0 Å². The number of nitrogens with zero attached hydrogens (tertiary/aromatic N) is 2. The second kappa shape index (κ2) is 11.9. The predicted molar refractivity (Wildman–Crippen MR) is 148 cm³/mol. The van der Waals surface area contributed by atoms with E-state index in [-0.39, 0.29) is 30.3 Å². The molecule has 1 amide bonds. The summed E-state index contributed by atoms with van der Waals surface area (Å²) in [5, 5.41) is 0. The van der Waals surface area contributed by atoms with E-state index in [9.17, 15) is 4.79 Å². The van der Waals surface area contributed by atoms with Gasteiger partial charge in [-0.2, -0.15) is 0 Å². The molecule has 5 heteroatoms. The van der Waals surface area contributed by atoms with E-state index in [1.807, 2.05) is 24.1 Å². The highest BCUT2D eigenvalue weighted by Gasteiger charge is 2.39. The van der Waals surface area contributed by atoms with Crippen LogP contribution in [-0.4, -0.2) is 49.0 Å². The maximum absolute atomic E-state index is 14.0. The van der Waals surface area contributed by atoms with Crippen LogP contribution in [0, 0.1) is 0 Å². The molecule has 1 heterocycles. The third-order valence-corrected chi connectivity index (χ3v) is 7.95. The van der Waals surface area contributed by atoms with Gasteiger partial charge in [-0.25, -0.2) is 0 Å². The largest absolute Gasteiger partial charge is 0.497 e. The molecule has 0 spiro atoms. The Labute approximate surface area is 221 Å². The number of aryl methyl sites for hydroxylation is 1. The molecule has 190 valence electrons. The van der Waals surface area contributed by atoms with Gasteiger partial charge in [0, 0.05) is 25.4 Å². The number of halogens is 1. The molecular formula is C31H37ClN2O2. The average Bonchev–Trinajstić information content (AvgIpc) is 3.46. The highest BCUT2D eigenvalue weighted by molar-refractivity contribution is 5.85. The van der Waals surface area contributed by atoms with Crippen molar-refractivity contribution in [1.29, 1.82) is 0 Å². The predicted octanol–water partition coefficient (Wildman–Crippen LogP) is 6.25. The lowest BCUT2D eigenvalue weighted by Crippen LogP contribution is -2.48. The number of hydrogen-bond donors (Lipinski definition) is 0. The molecule has 2 aliphatic rings. The summed E-state index contributed by atoms with van der Waals surface area (Å²) in [4.78, 5) is 18.7. The topological polar surface area (TPSA) is 32.8 Å². The van der Waals surface area contributed by atoms with Gasteiger partial charge >= 0.3 is 0 Å². The second-order valence-corrected chi connectivity index (χ2v) is 9.94. The second-order valence-electron chi connectivity index (χ2n) is 9.94. The summed E-state index contributed by atoms with van der Waals surface area (Å²) in [5.41, 5.74) is 4.96. The number of methoxy groups -OCH3 is 1. The van der Waals surface area contributed by atoms with Crippen molar-refractivity contribution in [3.05, 3.63) is 101 Å². The quantitative estimate of drug-likeness (QED) is 0.381. The highest BCUT2D eigenvalue weighted by atomic mass is 35.5. The molecule has 2 atom stereocenters. The first-order chi connectivity index (χ1) is 17.2. The van der Waals surface area contributed by atoms with Crippen LogP contribution in [0.5, 0.6) is 5.75 Å². The number of hydrogen-bond acceptors (Lipinski definition) is 3. The average molecular weight is 505 g/mol. The van der Waals surface area contributed by atoms with E-state index in [1.54, 1.807) is 7.11 Å². The van der Waals surface area contributed by atoms with E-state index in [0.29, 0.717) is 12.5 Å². The first kappa shape index (κ1) is 26.2. The van der Waals surface area contributed by atoms with Crippen LogP contribution in [0.25, 0.3) is 0 Å². The summed E-state index contributed by atoms with van der Waals surface area (Å²) in [6, 6.07) is 27.7. The van der Waals surface area contributed by atoms with E-state index < -0.39 is 0 Å². The van der Waals surface area contributed by atoms with Crippen LogP contribution in [0.15, 0.2) is 78.9 Å². The van der Waals surface area contributed by atoms with Crippen molar-refractivity contribution < 1.29 is 9.53 Å². The first-order valence-electron chi connectivity index (χ1n) is 12.9. The third-order valence-electron chi connectivity index (χ3n) is 7.95. The maximum Gasteiger partial charge on any atom is 0.223 e. The summed E-state index contributed by atoms with van der Waals surface area (Å²) in [5.74, 6) is 1.08. The molecule has 1 aliphatic carbocycles. The fraction of sp³-hybridized carbons (Fsp3) is 0.387. The van der Waals surface area contributed by atoms with Crippen molar-refractivity contribution in [1.82, 2.24) is 9.80 Å². The molecular weight excluding hydrogens is 468 g/mol. The van der Waals surface area contributed by atoms with Crippen LogP contribution in [-0.2, 0) is 11.2 Å². The molecule has 3 aromatic rings. The summed E-state index contributed by atoms with van der Waals surface area (Å²) in [7, 11) is 3.73. The van der Waals surface area contributed by atoms with Crippen LogP contribution in [0.2, 0.25) is 0 Å². The number of ether oxygens (including phenoxy) is 1. The van der Waals surface area contributed by atoms with Gasteiger partial charge < -0.3 is 9.64 Å². The van der Waals surface area contributed by atoms with Gasteiger partial charge in [-0.15, -0.1) is 12.4 Å². The van der Waals surface area contributed by atoms with Gasteiger partial charge in [0.2, 0.25) is 5.91 Å². The van der Waals surface area contributed by atoms with Crippen LogP contribution >= 0.6 is 12.4 Å². The van der Waals surface area contributed by atoms with E-state index in [4.69, 9.17) is 4.74 Å². The number of likely N-dealkylation sites (N-methyl/N-ethyl adjacent to an activating group) is 1. The van der Waals surface area contributed by atoms with Crippen molar-refractivity contribution in [2.45, 2.75) is 50.1 Å². The maximum atomic E-state index is 14.0. The number of carbonyl (C=O) groups is 1. The minimum absolute atomic E-state index is 0. The Morgan fingerprint density at radius 2 is 1.58 bits per heavy atom. The van der Waals surface area contributed by atoms with Crippen LogP contribution < -0.4 is 4.74 Å². The zero-order valence-electron chi connectivity index (χ0n) is 21.3. The Bertz CT molecular complexity index is 1090. The molecule has 0 saturated carbocycles. The Kier molecular flexibility index (Phi) is 8.71. The molecule has 1 aliphatic heterocycles. The Morgan fingerprint density at radius 3 is 2.17 bits per heavy atom. The van der Waals surface area contributed by atoms with Gasteiger partial charge in [-0.05, 0) is 73.2 Å². The van der Waals surface area contributed by atoms with E-state index in [2.05, 4.69) is 71.6 Å². The van der Waals surface area contributed by atoms with Gasteiger partial charge in [-0.1, -0.05) is 66.7 Å². The lowest BCUT2D eigenvalue weighted by atomic mass is 9.81. The number of carbonyl (C=O) groups excluding carboxylic acids is 1. The standard InChI is InChI=1S/C31H36N2O2.ClH/c1-32(30(34)22-27(23-11-5-3-6-12-23)24-13-7-4-8-14-24)31-28-21-26(35-2)17-15-25(28)16-18-29(31)33-19-9-10-20-33;/h3-8,11-15,17,21,27,29,31H,9-10,16,18-20,22H2,1-2H3;1H/t29-,31-;/m0./s1. The molecule has 0 aromatic heterocycles. The van der Waals surface area contributed by atoms with Crippen LogP contribution in [0.1, 0.15) is 59.9 Å². The zero-order chi connectivity index (χ0) is 24.2. The minimum atomic E-state index is 0. The summed E-state index contributed by atoms with van der Waals surface area (Å²) < 4.78 is 5.59. The number of benzene rings is 3. The molecule has 0 bridgehead atoms. The minimum Gasteiger partial charge on any atom is -0.497 e. The lowest BCUT2D eigenvalue weighted by molar-refractivity contribution is -0.134. The fourth-order valence-electron chi connectivity index (χ4n) is 6.07. The Balaban J connectivity index is 0.00000304. The van der Waals surface area contributed by atoms with Crippen molar-refractivity contribution in [3.63, 3.8) is 0 Å². The summed E-state index contributed by atoms with van der Waals surface area (Å²) >= 11 is 0. The molecule has 5 rings (SSSR count). The smallest absolute Gasteiger partial charge is 0.223 e. The Hall–Kier alpha value is -2.82. The molecule has 0 unspecified atom stereocenters. The van der Waals surface area contributed by atoms with Gasteiger partial charge in [0.1, 0.15) is 5.75 Å². The highest BCUT2D eigenvalue weighted by Crippen LogP contribution is 2.40. The van der Waals surface area contributed by atoms with Gasteiger partial charge in [0.25, 0.3) is 0 Å². The molecule has 0 radical (unpaired) electrons. The van der Waals surface area contributed by atoms with Crippen molar-refractivity contribution in [2.75, 3.05) is 27.2 Å². The van der Waals surface area contributed by atoms with Crippen LogP contribution in [0.3, 0.4) is 0 Å². The molecule has 3 aromatic carbocycles.